The van der Waals surface area contributed by atoms with E-state index in [4.69, 9.17) is 0 Å². The first kappa shape index (κ1) is 26.9. The van der Waals surface area contributed by atoms with Crippen LogP contribution in [0.2, 0.25) is 0 Å². The zero-order chi connectivity index (χ0) is 31.6. The second-order valence-electron chi connectivity index (χ2n) is 12.8. The summed E-state index contributed by atoms with van der Waals surface area (Å²) in [6.45, 7) is 0. The molecule has 0 saturated heterocycles. The van der Waals surface area contributed by atoms with E-state index in [2.05, 4.69) is 182 Å². The molecule has 10 aromatic carbocycles. The molecule has 0 bridgehead atoms. The molecule has 0 radical (unpaired) electrons. The van der Waals surface area contributed by atoms with Crippen LogP contribution < -0.4 is 0 Å². The van der Waals surface area contributed by atoms with Crippen LogP contribution in [0.4, 0.5) is 0 Å². The van der Waals surface area contributed by atoms with Gasteiger partial charge in [0.05, 0.1) is 0 Å². The fourth-order valence-electron chi connectivity index (χ4n) is 7.99. The van der Waals surface area contributed by atoms with Crippen molar-refractivity contribution in [1.82, 2.24) is 0 Å². The third-order valence-corrected chi connectivity index (χ3v) is 10.2. The largest absolute Gasteiger partial charge is 0.0622 e. The maximum absolute atomic E-state index is 2.47. The van der Waals surface area contributed by atoms with Gasteiger partial charge in [0.25, 0.3) is 0 Å². The first-order valence-corrected chi connectivity index (χ1v) is 16.7. The van der Waals surface area contributed by atoms with Crippen molar-refractivity contribution in [3.05, 3.63) is 182 Å². The normalized spacial score (nSPS) is 11.8. The molecule has 0 aliphatic heterocycles. The van der Waals surface area contributed by atoms with Gasteiger partial charge in [-0.25, -0.2) is 0 Å². The van der Waals surface area contributed by atoms with Gasteiger partial charge in [0.2, 0.25) is 0 Å². The lowest BCUT2D eigenvalue weighted by atomic mass is 9.81. The van der Waals surface area contributed by atoms with E-state index in [-0.39, 0.29) is 0 Å². The highest BCUT2D eigenvalue weighted by atomic mass is 14.2. The molecule has 0 amide bonds. The second-order valence-corrected chi connectivity index (χ2v) is 12.8. The maximum Gasteiger partial charge on any atom is -0.00137 e. The van der Waals surface area contributed by atoms with Crippen molar-refractivity contribution < 1.29 is 0 Å². The smallest absolute Gasteiger partial charge is 0.00137 e. The van der Waals surface area contributed by atoms with Crippen LogP contribution in [0.5, 0.6) is 0 Å². The Morgan fingerprint density at radius 1 is 0.208 bits per heavy atom. The van der Waals surface area contributed by atoms with Crippen molar-refractivity contribution in [2.24, 2.45) is 0 Å². The van der Waals surface area contributed by atoms with Crippen molar-refractivity contribution in [3.8, 4) is 44.5 Å². The van der Waals surface area contributed by atoms with Gasteiger partial charge in [0, 0.05) is 0 Å². The van der Waals surface area contributed by atoms with Crippen molar-refractivity contribution in [3.63, 3.8) is 0 Å². The minimum absolute atomic E-state index is 1.23. The van der Waals surface area contributed by atoms with E-state index >= 15 is 0 Å². The maximum atomic E-state index is 2.47. The summed E-state index contributed by atoms with van der Waals surface area (Å²) in [5.41, 5.74) is 10.0. The lowest BCUT2D eigenvalue weighted by molar-refractivity contribution is 1.64. The zero-order valence-corrected chi connectivity index (χ0v) is 26.3. The van der Waals surface area contributed by atoms with Crippen LogP contribution in [0.25, 0.3) is 98.4 Å². The summed E-state index contributed by atoms with van der Waals surface area (Å²) in [5.74, 6) is 0. The summed E-state index contributed by atoms with van der Waals surface area (Å²) in [7, 11) is 0. The Labute approximate surface area is 279 Å². The molecule has 0 nitrogen and oxygen atoms in total. The Morgan fingerprint density at radius 2 is 0.771 bits per heavy atom. The molecule has 0 aliphatic carbocycles. The summed E-state index contributed by atoms with van der Waals surface area (Å²) in [6.07, 6.45) is 0. The lowest BCUT2D eigenvalue weighted by Crippen LogP contribution is -1.95. The van der Waals surface area contributed by atoms with Gasteiger partial charge in [0.1, 0.15) is 0 Å². The van der Waals surface area contributed by atoms with Crippen LogP contribution in [0.3, 0.4) is 0 Å². The molecule has 0 fully saturated rings. The Kier molecular flexibility index (Phi) is 5.98. The van der Waals surface area contributed by atoms with E-state index in [0.717, 1.165) is 0 Å². The minimum Gasteiger partial charge on any atom is -0.0622 e. The van der Waals surface area contributed by atoms with E-state index in [1.165, 1.54) is 98.4 Å². The Balaban J connectivity index is 1.41. The first-order chi connectivity index (χ1) is 23.8. The molecular weight excluding hydrogens is 577 g/mol. The molecule has 0 atom stereocenters. The number of fused-ring (bicyclic) bond motifs is 2. The molecule has 10 rings (SSSR count). The minimum atomic E-state index is 1.23. The number of hydrogen-bond acceptors (Lipinski definition) is 0. The van der Waals surface area contributed by atoms with Gasteiger partial charge < -0.3 is 0 Å². The van der Waals surface area contributed by atoms with Gasteiger partial charge in [-0.15, -0.1) is 0 Å². The lowest BCUT2D eigenvalue weighted by Gasteiger charge is -2.22. The van der Waals surface area contributed by atoms with E-state index in [9.17, 15) is 0 Å². The molecule has 0 spiro atoms. The Bertz CT molecular complexity index is 2800. The standard InChI is InChI=1S/C48H30/c1-3-13-32(14-4-1)38-24-25-42-45(39-21-11-19-33-17-9-10-20-37(33)39)30-46-43(34-15-5-2-6-16-34)29-44(41-27-26-40(38)47(42)48(41)46)36-23-22-31-12-7-8-18-35(31)28-36/h1-30H. The summed E-state index contributed by atoms with van der Waals surface area (Å²) in [6, 6.07) is 67.1. The van der Waals surface area contributed by atoms with Crippen LogP contribution >= 0.6 is 0 Å². The number of benzene rings is 10. The van der Waals surface area contributed by atoms with Gasteiger partial charge in [-0.2, -0.15) is 0 Å². The molecule has 0 N–H and O–H groups in total. The molecule has 0 saturated carbocycles. The van der Waals surface area contributed by atoms with Crippen molar-refractivity contribution in [2.75, 3.05) is 0 Å². The van der Waals surface area contributed by atoms with Crippen molar-refractivity contribution in [2.45, 2.75) is 0 Å². The van der Waals surface area contributed by atoms with Crippen LogP contribution in [0, 0.1) is 0 Å². The summed E-state index contributed by atoms with van der Waals surface area (Å²) in [5, 5.41) is 12.8. The van der Waals surface area contributed by atoms with E-state index in [0.29, 0.717) is 0 Å². The van der Waals surface area contributed by atoms with E-state index < -0.39 is 0 Å². The average Bonchev–Trinajstić information content (AvgIpc) is 3.16. The summed E-state index contributed by atoms with van der Waals surface area (Å²) >= 11 is 0. The summed E-state index contributed by atoms with van der Waals surface area (Å²) < 4.78 is 0. The number of hydrogen-bond donors (Lipinski definition) is 0. The van der Waals surface area contributed by atoms with Gasteiger partial charge >= 0.3 is 0 Å². The molecule has 10 aromatic rings. The first-order valence-electron chi connectivity index (χ1n) is 16.7. The highest BCUT2D eigenvalue weighted by Gasteiger charge is 2.21. The third-order valence-electron chi connectivity index (χ3n) is 10.2. The fourth-order valence-corrected chi connectivity index (χ4v) is 7.99. The molecule has 0 aromatic heterocycles. The monoisotopic (exact) mass is 606 g/mol. The Hall–Kier alpha value is -6.24. The molecule has 48 heavy (non-hydrogen) atoms. The molecule has 0 unspecified atom stereocenters. The van der Waals surface area contributed by atoms with E-state index in [1.807, 2.05) is 0 Å². The fraction of sp³-hybridized carbons (Fsp3) is 0. The topological polar surface area (TPSA) is 0 Å². The second kappa shape index (κ2) is 10.7. The van der Waals surface area contributed by atoms with Gasteiger partial charge in [-0.05, 0) is 117 Å². The predicted molar refractivity (Wildman–Crippen MR) is 207 cm³/mol. The Morgan fingerprint density at radius 3 is 1.56 bits per heavy atom. The van der Waals surface area contributed by atoms with Gasteiger partial charge in [-0.1, -0.05) is 164 Å². The molecule has 0 heteroatoms. The van der Waals surface area contributed by atoms with Crippen molar-refractivity contribution in [1.29, 1.82) is 0 Å². The quantitative estimate of drug-likeness (QED) is 0.175. The van der Waals surface area contributed by atoms with Crippen LogP contribution in [0.1, 0.15) is 0 Å². The van der Waals surface area contributed by atoms with Gasteiger partial charge in [0.15, 0.2) is 0 Å². The third kappa shape index (κ3) is 4.10. The van der Waals surface area contributed by atoms with Crippen molar-refractivity contribution >= 4 is 53.9 Å². The summed E-state index contributed by atoms with van der Waals surface area (Å²) in [4.78, 5) is 0. The van der Waals surface area contributed by atoms with Crippen LogP contribution in [-0.4, -0.2) is 0 Å². The predicted octanol–water partition coefficient (Wildman–Crippen LogP) is 13.6. The van der Waals surface area contributed by atoms with Gasteiger partial charge in [-0.3, -0.25) is 0 Å². The number of rotatable bonds is 4. The average molecular weight is 607 g/mol. The zero-order valence-electron chi connectivity index (χ0n) is 26.3. The SMILES string of the molecule is c1ccc(-c2cc(-c3ccc4ccccc4c3)c3ccc4c(-c5ccccc5)ccc5c(-c6cccc7ccccc67)cc2c3c45)cc1. The molecule has 0 aliphatic rings. The highest BCUT2D eigenvalue weighted by Crippen LogP contribution is 2.49. The molecule has 222 valence electrons. The van der Waals surface area contributed by atoms with Crippen LogP contribution in [-0.2, 0) is 0 Å². The molecular formula is C48H30. The molecule has 0 heterocycles. The highest BCUT2D eigenvalue weighted by molar-refractivity contribution is 6.33. The van der Waals surface area contributed by atoms with Crippen LogP contribution in [0.15, 0.2) is 182 Å². The van der Waals surface area contributed by atoms with E-state index in [1.54, 1.807) is 0 Å².